The van der Waals surface area contributed by atoms with Crippen molar-refractivity contribution in [3.05, 3.63) is 109 Å². The number of hydrogen-bond donors (Lipinski definition) is 0. The first-order valence-corrected chi connectivity index (χ1v) is 10.8. The van der Waals surface area contributed by atoms with Crippen molar-refractivity contribution in [2.45, 2.75) is 0 Å². The maximum Gasteiger partial charge on any atom is 0.146 e. The summed E-state index contributed by atoms with van der Waals surface area (Å²) in [5, 5.41) is 0. The fourth-order valence-electron chi connectivity index (χ4n) is 4.04. The molecule has 5 rings (SSSR count). The molecular weight excluding hydrogens is 408 g/mol. The average molecular weight is 433 g/mol. The summed E-state index contributed by atoms with van der Waals surface area (Å²) >= 11 is 0. The van der Waals surface area contributed by atoms with Gasteiger partial charge in [0.25, 0.3) is 0 Å². The topological polar surface area (TPSA) is 36.3 Å². The summed E-state index contributed by atoms with van der Waals surface area (Å²) in [7, 11) is 3.32. The monoisotopic (exact) mass is 432 g/mol. The van der Waals surface area contributed by atoms with E-state index in [4.69, 9.17) is 14.5 Å². The highest BCUT2D eigenvalue weighted by Gasteiger charge is 2.23. The number of rotatable bonds is 6. The zero-order chi connectivity index (χ0) is 22.6. The van der Waals surface area contributed by atoms with Crippen molar-refractivity contribution in [2.24, 2.45) is 0 Å². The second-order valence-corrected chi connectivity index (χ2v) is 7.64. The standard InChI is InChI=1S/C29H24N2O2/c1-32-25-18-23(19-26(20-25)33-2)29-30-27(21-12-6-3-7-13-21)28(22-14-8-4-9-15-22)31(29)24-16-10-5-11-17-24/h3-20H,1-2H3. The highest BCUT2D eigenvalue weighted by molar-refractivity contribution is 5.84. The van der Waals surface area contributed by atoms with Gasteiger partial charge in [-0.3, -0.25) is 4.57 Å². The summed E-state index contributed by atoms with van der Waals surface area (Å²) < 4.78 is 13.3. The van der Waals surface area contributed by atoms with E-state index < -0.39 is 0 Å². The third-order valence-electron chi connectivity index (χ3n) is 5.60. The number of methoxy groups -OCH3 is 2. The molecule has 0 amide bonds. The normalized spacial score (nSPS) is 10.7. The molecular formula is C29H24N2O2. The summed E-state index contributed by atoms with van der Waals surface area (Å²) in [5.74, 6) is 2.25. The quantitative estimate of drug-likeness (QED) is 0.293. The molecule has 0 aliphatic heterocycles. The van der Waals surface area contributed by atoms with E-state index in [-0.39, 0.29) is 0 Å². The SMILES string of the molecule is COc1cc(OC)cc(-c2nc(-c3ccccc3)c(-c3ccccc3)n2-c2ccccc2)c1. The predicted molar refractivity (Wildman–Crippen MR) is 133 cm³/mol. The minimum Gasteiger partial charge on any atom is -0.497 e. The van der Waals surface area contributed by atoms with Crippen molar-refractivity contribution in [1.82, 2.24) is 9.55 Å². The molecule has 4 aromatic carbocycles. The minimum atomic E-state index is 0.717. The Bertz CT molecular complexity index is 1340. The first kappa shape index (κ1) is 20.6. The third kappa shape index (κ3) is 3.99. The van der Waals surface area contributed by atoms with E-state index in [1.54, 1.807) is 14.2 Å². The van der Waals surface area contributed by atoms with E-state index in [1.807, 2.05) is 60.7 Å². The summed E-state index contributed by atoms with van der Waals surface area (Å²) in [6.45, 7) is 0. The Balaban J connectivity index is 1.88. The van der Waals surface area contributed by atoms with E-state index in [1.165, 1.54) is 0 Å². The molecule has 0 bridgehead atoms. The molecule has 1 heterocycles. The number of benzene rings is 4. The summed E-state index contributed by atoms with van der Waals surface area (Å²) in [6, 6.07) is 36.9. The second kappa shape index (κ2) is 9.05. The average Bonchev–Trinajstić information content (AvgIpc) is 3.30. The number of hydrogen-bond acceptors (Lipinski definition) is 3. The van der Waals surface area contributed by atoms with Crippen molar-refractivity contribution in [3.63, 3.8) is 0 Å². The molecule has 0 saturated carbocycles. The lowest BCUT2D eigenvalue weighted by Gasteiger charge is -2.14. The van der Waals surface area contributed by atoms with Crippen LogP contribution in [0.2, 0.25) is 0 Å². The molecule has 33 heavy (non-hydrogen) atoms. The largest absolute Gasteiger partial charge is 0.497 e. The van der Waals surface area contributed by atoms with Gasteiger partial charge in [0, 0.05) is 28.4 Å². The van der Waals surface area contributed by atoms with Gasteiger partial charge in [-0.05, 0) is 24.3 Å². The number of aromatic nitrogens is 2. The van der Waals surface area contributed by atoms with Gasteiger partial charge in [0.15, 0.2) is 0 Å². The molecule has 0 aliphatic rings. The molecule has 4 heteroatoms. The Hall–Kier alpha value is -4.31. The van der Waals surface area contributed by atoms with Crippen molar-refractivity contribution in [1.29, 1.82) is 0 Å². The minimum absolute atomic E-state index is 0.717. The highest BCUT2D eigenvalue weighted by atomic mass is 16.5. The third-order valence-corrected chi connectivity index (χ3v) is 5.60. The smallest absolute Gasteiger partial charge is 0.146 e. The van der Waals surface area contributed by atoms with Gasteiger partial charge in [-0.1, -0.05) is 78.9 Å². The summed E-state index contributed by atoms with van der Waals surface area (Å²) in [4.78, 5) is 5.21. The fraction of sp³-hybridized carbons (Fsp3) is 0.0690. The van der Waals surface area contributed by atoms with Crippen molar-refractivity contribution in [3.8, 4) is 51.1 Å². The Morgan fingerprint density at radius 2 is 1.09 bits per heavy atom. The van der Waals surface area contributed by atoms with Gasteiger partial charge in [0.05, 0.1) is 25.6 Å². The Labute approximate surface area is 193 Å². The number of imidazole rings is 1. The number of ether oxygens (including phenoxy) is 2. The zero-order valence-electron chi connectivity index (χ0n) is 18.6. The van der Waals surface area contributed by atoms with Crippen LogP contribution < -0.4 is 9.47 Å². The fourth-order valence-corrected chi connectivity index (χ4v) is 4.04. The van der Waals surface area contributed by atoms with Crippen LogP contribution in [0.5, 0.6) is 11.5 Å². The molecule has 0 saturated heterocycles. The molecule has 0 aliphatic carbocycles. The van der Waals surface area contributed by atoms with Crippen LogP contribution in [0.4, 0.5) is 0 Å². The van der Waals surface area contributed by atoms with E-state index in [0.717, 1.165) is 51.1 Å². The van der Waals surface area contributed by atoms with Crippen molar-refractivity contribution >= 4 is 0 Å². The molecule has 0 unspecified atom stereocenters. The van der Waals surface area contributed by atoms with Crippen molar-refractivity contribution in [2.75, 3.05) is 14.2 Å². The molecule has 0 fully saturated rings. The van der Waals surface area contributed by atoms with Gasteiger partial charge in [0.2, 0.25) is 0 Å². The van der Waals surface area contributed by atoms with Crippen LogP contribution in [0.25, 0.3) is 39.6 Å². The Morgan fingerprint density at radius 3 is 1.64 bits per heavy atom. The Kier molecular flexibility index (Phi) is 5.64. The van der Waals surface area contributed by atoms with Gasteiger partial charge in [-0.15, -0.1) is 0 Å². The van der Waals surface area contributed by atoms with Crippen LogP contribution >= 0.6 is 0 Å². The first-order valence-electron chi connectivity index (χ1n) is 10.8. The number of nitrogens with zero attached hydrogens (tertiary/aromatic N) is 2. The van der Waals surface area contributed by atoms with E-state index in [2.05, 4.69) is 53.1 Å². The van der Waals surface area contributed by atoms with Gasteiger partial charge in [-0.25, -0.2) is 4.98 Å². The molecule has 162 valence electrons. The lowest BCUT2D eigenvalue weighted by molar-refractivity contribution is 0.394. The van der Waals surface area contributed by atoms with E-state index in [9.17, 15) is 0 Å². The molecule has 1 aromatic heterocycles. The lowest BCUT2D eigenvalue weighted by Crippen LogP contribution is -2.00. The van der Waals surface area contributed by atoms with Gasteiger partial charge < -0.3 is 9.47 Å². The van der Waals surface area contributed by atoms with Crippen LogP contribution in [0.15, 0.2) is 109 Å². The predicted octanol–water partition coefficient (Wildman–Crippen LogP) is 6.89. The van der Waals surface area contributed by atoms with Crippen LogP contribution in [0.3, 0.4) is 0 Å². The molecule has 4 nitrogen and oxygen atoms in total. The maximum absolute atomic E-state index is 5.55. The zero-order valence-corrected chi connectivity index (χ0v) is 18.6. The van der Waals surface area contributed by atoms with E-state index >= 15 is 0 Å². The highest BCUT2D eigenvalue weighted by Crippen LogP contribution is 2.40. The molecule has 5 aromatic rings. The van der Waals surface area contributed by atoms with Crippen LogP contribution in [-0.2, 0) is 0 Å². The molecule has 0 spiro atoms. The number of para-hydroxylation sites is 1. The lowest BCUT2D eigenvalue weighted by atomic mass is 10.0. The van der Waals surface area contributed by atoms with Crippen LogP contribution in [-0.4, -0.2) is 23.8 Å². The van der Waals surface area contributed by atoms with E-state index in [0.29, 0.717) is 0 Å². The van der Waals surface area contributed by atoms with Gasteiger partial charge >= 0.3 is 0 Å². The maximum atomic E-state index is 5.55. The van der Waals surface area contributed by atoms with Crippen LogP contribution in [0, 0.1) is 0 Å². The first-order chi connectivity index (χ1) is 16.3. The van der Waals surface area contributed by atoms with Crippen molar-refractivity contribution < 1.29 is 9.47 Å². The molecule has 0 atom stereocenters. The molecule has 0 radical (unpaired) electrons. The van der Waals surface area contributed by atoms with Crippen LogP contribution in [0.1, 0.15) is 0 Å². The summed E-state index contributed by atoms with van der Waals surface area (Å²) in [5.41, 5.74) is 6.04. The summed E-state index contributed by atoms with van der Waals surface area (Å²) in [6.07, 6.45) is 0. The molecule has 0 N–H and O–H groups in total. The second-order valence-electron chi connectivity index (χ2n) is 7.64. The Morgan fingerprint density at radius 1 is 0.576 bits per heavy atom. The van der Waals surface area contributed by atoms with Gasteiger partial charge in [-0.2, -0.15) is 0 Å². The van der Waals surface area contributed by atoms with Gasteiger partial charge in [0.1, 0.15) is 17.3 Å².